The quantitative estimate of drug-likeness (QED) is 0.718. The number of nitrogen functional groups attached to an aromatic ring is 1. The molecule has 23 heavy (non-hydrogen) atoms. The summed E-state index contributed by atoms with van der Waals surface area (Å²) >= 11 is 0. The van der Waals surface area contributed by atoms with E-state index in [-0.39, 0.29) is 12.6 Å². The second kappa shape index (κ2) is 6.95. The Kier molecular flexibility index (Phi) is 5.20. The van der Waals surface area contributed by atoms with Gasteiger partial charge in [0.05, 0.1) is 23.9 Å². The third kappa shape index (κ3) is 3.98. The number of unbranched alkanes of at least 4 members (excludes halogenated alkanes) is 1. The first-order chi connectivity index (χ1) is 10.9. The molecule has 1 atom stereocenters. The van der Waals surface area contributed by atoms with E-state index in [9.17, 15) is 5.11 Å². The maximum atomic E-state index is 9.80. The molecule has 2 rings (SSSR count). The lowest BCUT2D eigenvalue weighted by Gasteiger charge is -2.30. The first-order valence-electron chi connectivity index (χ1n) is 7.88. The summed E-state index contributed by atoms with van der Waals surface area (Å²) in [6.07, 6.45) is 4.62. The van der Waals surface area contributed by atoms with Gasteiger partial charge in [-0.15, -0.1) is 0 Å². The normalized spacial score (nSPS) is 13.8. The lowest BCUT2D eigenvalue weighted by atomic mass is 9.95. The van der Waals surface area contributed by atoms with E-state index < -0.39 is 5.54 Å². The topological polar surface area (TPSA) is 100 Å². The van der Waals surface area contributed by atoms with Crippen molar-refractivity contribution < 1.29 is 5.11 Å². The highest BCUT2D eigenvalue weighted by Crippen LogP contribution is 2.28. The smallest absolute Gasteiger partial charge is 0.222 e. The van der Waals surface area contributed by atoms with Crippen LogP contribution in [-0.4, -0.2) is 46.3 Å². The molecule has 2 aromatic rings. The van der Waals surface area contributed by atoms with Gasteiger partial charge in [0.25, 0.3) is 0 Å². The van der Waals surface area contributed by atoms with E-state index in [0.717, 1.165) is 30.5 Å². The Morgan fingerprint density at radius 3 is 2.70 bits per heavy atom. The van der Waals surface area contributed by atoms with Gasteiger partial charge in [-0.05, 0) is 19.4 Å². The van der Waals surface area contributed by atoms with E-state index >= 15 is 0 Å². The van der Waals surface area contributed by atoms with Gasteiger partial charge in [-0.25, -0.2) is 9.97 Å². The van der Waals surface area contributed by atoms with Crippen molar-refractivity contribution in [3.63, 3.8) is 0 Å². The van der Waals surface area contributed by atoms with Crippen LogP contribution in [0.2, 0.25) is 0 Å². The molecule has 0 saturated carbocycles. The van der Waals surface area contributed by atoms with Crippen LogP contribution < -0.4 is 16.0 Å². The molecule has 0 radical (unpaired) electrons. The molecular weight excluding hydrogens is 292 g/mol. The zero-order valence-electron chi connectivity index (χ0n) is 14.3. The van der Waals surface area contributed by atoms with Gasteiger partial charge in [-0.1, -0.05) is 19.8 Å². The number of hydrogen-bond donors (Lipinski definition) is 3. The van der Waals surface area contributed by atoms with Gasteiger partial charge in [0.1, 0.15) is 11.6 Å². The number of fused-ring (bicyclic) bond motifs is 1. The third-order valence-electron chi connectivity index (χ3n) is 3.89. The summed E-state index contributed by atoms with van der Waals surface area (Å²) in [5.41, 5.74) is 6.05. The number of nitrogens with one attached hydrogen (secondary N) is 1. The monoisotopic (exact) mass is 318 g/mol. The van der Waals surface area contributed by atoms with Crippen LogP contribution >= 0.6 is 0 Å². The van der Waals surface area contributed by atoms with Gasteiger partial charge in [0.15, 0.2) is 0 Å². The summed E-state index contributed by atoms with van der Waals surface area (Å²) < 4.78 is 0. The van der Waals surface area contributed by atoms with Crippen LogP contribution in [0, 0.1) is 0 Å². The van der Waals surface area contributed by atoms with Gasteiger partial charge < -0.3 is 21.1 Å². The van der Waals surface area contributed by atoms with Gasteiger partial charge >= 0.3 is 0 Å². The molecule has 0 bridgehead atoms. The fourth-order valence-corrected chi connectivity index (χ4v) is 2.41. The minimum atomic E-state index is -0.453. The minimum absolute atomic E-state index is 0.0179. The van der Waals surface area contributed by atoms with Crippen LogP contribution in [0.25, 0.3) is 10.9 Å². The molecule has 0 aliphatic rings. The molecule has 0 spiro atoms. The van der Waals surface area contributed by atoms with Crippen molar-refractivity contribution in [2.45, 2.75) is 38.6 Å². The standard InChI is InChI=1S/C16H26N6O/c1-5-6-7-16(2,10-23)21-14-11-8-13(22(3)4)18-9-12(11)19-15(17)20-14/h8-9,23H,5-7,10H2,1-4H3,(H3,17,19,20,21)/t16-/m1/s1. The molecule has 0 aromatic carbocycles. The van der Waals surface area contributed by atoms with Crippen molar-refractivity contribution >= 4 is 28.5 Å². The number of aliphatic hydroxyl groups is 1. The first-order valence-corrected chi connectivity index (χ1v) is 7.88. The average molecular weight is 318 g/mol. The summed E-state index contributed by atoms with van der Waals surface area (Å²) in [7, 11) is 3.86. The van der Waals surface area contributed by atoms with Crippen molar-refractivity contribution in [1.82, 2.24) is 15.0 Å². The second-order valence-corrected chi connectivity index (χ2v) is 6.33. The van der Waals surface area contributed by atoms with E-state index in [1.807, 2.05) is 32.0 Å². The number of rotatable bonds is 7. The fourth-order valence-electron chi connectivity index (χ4n) is 2.41. The summed E-state index contributed by atoms with van der Waals surface area (Å²) in [6.45, 7) is 4.13. The molecule has 0 amide bonds. The zero-order chi connectivity index (χ0) is 17.0. The molecule has 0 unspecified atom stereocenters. The Hall–Kier alpha value is -2.15. The van der Waals surface area contributed by atoms with Gasteiger partial charge in [0, 0.05) is 19.5 Å². The predicted molar refractivity (Wildman–Crippen MR) is 94.7 cm³/mol. The Labute approximate surface area is 137 Å². The molecule has 2 heterocycles. The highest BCUT2D eigenvalue weighted by atomic mass is 16.3. The number of aliphatic hydroxyl groups excluding tert-OH is 1. The van der Waals surface area contributed by atoms with Crippen molar-refractivity contribution in [3.8, 4) is 0 Å². The minimum Gasteiger partial charge on any atom is -0.394 e. The maximum absolute atomic E-state index is 9.80. The molecular formula is C16H26N6O. The molecule has 7 nitrogen and oxygen atoms in total. The van der Waals surface area contributed by atoms with E-state index in [1.165, 1.54) is 0 Å². The van der Waals surface area contributed by atoms with Gasteiger partial charge in [-0.3, -0.25) is 0 Å². The van der Waals surface area contributed by atoms with E-state index in [2.05, 4.69) is 27.2 Å². The first kappa shape index (κ1) is 17.2. The van der Waals surface area contributed by atoms with Gasteiger partial charge in [-0.2, -0.15) is 4.98 Å². The predicted octanol–water partition coefficient (Wildman–Crippen LogP) is 2.03. The Morgan fingerprint density at radius 2 is 2.09 bits per heavy atom. The van der Waals surface area contributed by atoms with Crippen molar-refractivity contribution in [3.05, 3.63) is 12.3 Å². The summed E-state index contributed by atoms with van der Waals surface area (Å²) in [6, 6.07) is 1.93. The van der Waals surface area contributed by atoms with E-state index in [1.54, 1.807) is 6.20 Å². The Bertz CT molecular complexity index is 675. The molecule has 126 valence electrons. The van der Waals surface area contributed by atoms with Crippen molar-refractivity contribution in [2.75, 3.05) is 36.7 Å². The number of aromatic nitrogens is 3. The lowest BCUT2D eigenvalue weighted by molar-refractivity contribution is 0.212. The number of pyridine rings is 1. The average Bonchev–Trinajstić information content (AvgIpc) is 2.52. The molecule has 7 heteroatoms. The lowest BCUT2D eigenvalue weighted by Crippen LogP contribution is -2.39. The number of nitrogens with two attached hydrogens (primary N) is 1. The molecule has 4 N–H and O–H groups in total. The largest absolute Gasteiger partial charge is 0.394 e. The van der Waals surface area contributed by atoms with Gasteiger partial charge in [0.2, 0.25) is 5.95 Å². The van der Waals surface area contributed by atoms with E-state index in [0.29, 0.717) is 11.3 Å². The molecule has 0 saturated heterocycles. The second-order valence-electron chi connectivity index (χ2n) is 6.33. The Balaban J connectivity index is 2.47. The van der Waals surface area contributed by atoms with Crippen LogP contribution in [0.3, 0.4) is 0 Å². The fraction of sp³-hybridized carbons (Fsp3) is 0.562. The van der Waals surface area contributed by atoms with Crippen LogP contribution in [-0.2, 0) is 0 Å². The number of nitrogens with zero attached hydrogens (tertiary/aromatic N) is 4. The van der Waals surface area contributed by atoms with Crippen molar-refractivity contribution in [2.24, 2.45) is 0 Å². The molecule has 0 fully saturated rings. The SMILES string of the molecule is CCCC[C@](C)(CO)Nc1nc(N)nc2cnc(N(C)C)cc12. The highest BCUT2D eigenvalue weighted by molar-refractivity contribution is 5.91. The van der Waals surface area contributed by atoms with Crippen LogP contribution in [0.4, 0.5) is 17.6 Å². The van der Waals surface area contributed by atoms with Crippen molar-refractivity contribution in [1.29, 1.82) is 0 Å². The third-order valence-corrected chi connectivity index (χ3v) is 3.89. The van der Waals surface area contributed by atoms with Crippen LogP contribution in [0.1, 0.15) is 33.1 Å². The zero-order valence-corrected chi connectivity index (χ0v) is 14.3. The van der Waals surface area contributed by atoms with Crippen LogP contribution in [0.5, 0.6) is 0 Å². The highest BCUT2D eigenvalue weighted by Gasteiger charge is 2.24. The van der Waals surface area contributed by atoms with E-state index in [4.69, 9.17) is 5.73 Å². The molecule has 0 aliphatic heterocycles. The van der Waals surface area contributed by atoms with Crippen LogP contribution in [0.15, 0.2) is 12.3 Å². The molecule has 2 aromatic heterocycles. The Morgan fingerprint density at radius 1 is 1.35 bits per heavy atom. The maximum Gasteiger partial charge on any atom is 0.222 e. The number of anilines is 3. The summed E-state index contributed by atoms with van der Waals surface area (Å²) in [5, 5.41) is 14.0. The summed E-state index contributed by atoms with van der Waals surface area (Å²) in [4.78, 5) is 14.9. The molecule has 0 aliphatic carbocycles. The number of hydrogen-bond acceptors (Lipinski definition) is 7. The summed E-state index contributed by atoms with van der Waals surface area (Å²) in [5.74, 6) is 1.63.